The lowest BCUT2D eigenvalue weighted by molar-refractivity contribution is -0.236. The Morgan fingerprint density at radius 3 is 2.06 bits per heavy atom. The molecule has 0 aromatic heterocycles. The number of alkyl halides is 1. The van der Waals surface area contributed by atoms with E-state index in [2.05, 4.69) is 0 Å². The van der Waals surface area contributed by atoms with Crippen molar-refractivity contribution < 1.29 is 28.1 Å². The van der Waals surface area contributed by atoms with Crippen LogP contribution in [0, 0.1) is 0 Å². The van der Waals surface area contributed by atoms with Crippen molar-refractivity contribution in [1.29, 1.82) is 0 Å². The van der Waals surface area contributed by atoms with Crippen molar-refractivity contribution in [2.24, 2.45) is 0 Å². The van der Waals surface area contributed by atoms with Gasteiger partial charge in [-0.15, -0.1) is 0 Å². The molecule has 5 nitrogen and oxygen atoms in total. The smallest absolute Gasteiger partial charge is 0.190 e. The van der Waals surface area contributed by atoms with Gasteiger partial charge in [-0.2, -0.15) is 0 Å². The first-order valence-electron chi connectivity index (χ1n) is 6.24. The summed E-state index contributed by atoms with van der Waals surface area (Å²) < 4.78 is 41.6. The third kappa shape index (κ3) is 1.96. The number of fused-ring (bicyclic) bond motifs is 3. The second-order valence-electron chi connectivity index (χ2n) is 5.86. The van der Waals surface area contributed by atoms with Gasteiger partial charge < -0.3 is 23.7 Å². The van der Waals surface area contributed by atoms with E-state index in [9.17, 15) is 4.39 Å². The molecule has 6 heteroatoms. The van der Waals surface area contributed by atoms with Crippen molar-refractivity contribution in [2.75, 3.05) is 6.67 Å². The van der Waals surface area contributed by atoms with Gasteiger partial charge in [0.25, 0.3) is 0 Å². The average Bonchev–Trinajstić information content (AvgIpc) is 2.71. The van der Waals surface area contributed by atoms with Crippen LogP contribution in [0.1, 0.15) is 27.7 Å². The van der Waals surface area contributed by atoms with E-state index in [0.717, 1.165) is 0 Å². The molecule has 0 bridgehead atoms. The summed E-state index contributed by atoms with van der Waals surface area (Å²) in [7, 11) is 0. The molecule has 3 rings (SSSR count). The zero-order valence-corrected chi connectivity index (χ0v) is 11.0. The monoisotopic (exact) mass is 262 g/mol. The first-order chi connectivity index (χ1) is 8.31. The number of halogens is 1. The summed E-state index contributed by atoms with van der Waals surface area (Å²) in [5.41, 5.74) is 0. The molecule has 0 radical (unpaired) electrons. The zero-order valence-electron chi connectivity index (χ0n) is 11.0. The average molecular weight is 262 g/mol. The van der Waals surface area contributed by atoms with Crippen molar-refractivity contribution >= 4 is 0 Å². The second kappa shape index (κ2) is 3.86. The third-order valence-corrected chi connectivity index (χ3v) is 3.40. The zero-order chi connectivity index (χ0) is 13.1. The van der Waals surface area contributed by atoms with Gasteiger partial charge in [-0.3, -0.25) is 0 Å². The highest BCUT2D eigenvalue weighted by molar-refractivity contribution is 4.99. The lowest BCUT2D eigenvalue weighted by Crippen LogP contribution is -2.55. The Bertz CT molecular complexity index is 345. The number of ether oxygens (including phenoxy) is 5. The SMILES string of the molecule is CC1(C)O[C@@H]2O[C@@H](CF)[C@H]3OC(C)(C)O[C@H]3[C@@H]2O1. The van der Waals surface area contributed by atoms with Crippen LogP contribution in [0.15, 0.2) is 0 Å². The van der Waals surface area contributed by atoms with Gasteiger partial charge in [0.1, 0.15) is 31.1 Å². The number of rotatable bonds is 1. The minimum absolute atomic E-state index is 0.360. The van der Waals surface area contributed by atoms with Gasteiger partial charge in [-0.1, -0.05) is 0 Å². The van der Waals surface area contributed by atoms with Gasteiger partial charge in [-0.25, -0.2) is 4.39 Å². The van der Waals surface area contributed by atoms with Crippen LogP contribution in [-0.2, 0) is 23.7 Å². The van der Waals surface area contributed by atoms with Crippen molar-refractivity contribution in [1.82, 2.24) is 0 Å². The van der Waals surface area contributed by atoms with Gasteiger partial charge in [0.2, 0.25) is 0 Å². The third-order valence-electron chi connectivity index (χ3n) is 3.40. The maximum atomic E-state index is 13.1. The van der Waals surface area contributed by atoms with Gasteiger partial charge in [0.05, 0.1) is 0 Å². The van der Waals surface area contributed by atoms with Crippen LogP contribution >= 0.6 is 0 Å². The van der Waals surface area contributed by atoms with Crippen LogP contribution < -0.4 is 0 Å². The fourth-order valence-electron chi connectivity index (χ4n) is 2.82. The molecule has 104 valence electrons. The number of hydrogen-bond acceptors (Lipinski definition) is 5. The van der Waals surface area contributed by atoms with Crippen LogP contribution in [0.4, 0.5) is 4.39 Å². The molecule has 3 saturated heterocycles. The van der Waals surface area contributed by atoms with Gasteiger partial charge in [0, 0.05) is 0 Å². The Balaban J connectivity index is 1.86. The highest BCUT2D eigenvalue weighted by Gasteiger charge is 2.60. The van der Waals surface area contributed by atoms with Crippen LogP contribution in [0.2, 0.25) is 0 Å². The topological polar surface area (TPSA) is 46.2 Å². The van der Waals surface area contributed by atoms with Crippen molar-refractivity contribution in [2.45, 2.75) is 70.0 Å². The molecule has 3 heterocycles. The largest absolute Gasteiger partial charge is 0.342 e. The lowest BCUT2D eigenvalue weighted by Gasteiger charge is -2.35. The van der Waals surface area contributed by atoms with Crippen LogP contribution in [0.5, 0.6) is 0 Å². The predicted octanol–water partition coefficient (Wildman–Crippen LogP) is 1.35. The Kier molecular flexibility index (Phi) is 2.74. The molecule has 5 atom stereocenters. The molecule has 0 aliphatic carbocycles. The fraction of sp³-hybridized carbons (Fsp3) is 1.00. The molecule has 3 aliphatic heterocycles. The van der Waals surface area contributed by atoms with Crippen molar-refractivity contribution in [3.05, 3.63) is 0 Å². The van der Waals surface area contributed by atoms with E-state index in [1.807, 2.05) is 0 Å². The molecule has 18 heavy (non-hydrogen) atoms. The van der Waals surface area contributed by atoms with Gasteiger partial charge >= 0.3 is 0 Å². The van der Waals surface area contributed by atoms with E-state index in [1.54, 1.807) is 27.7 Å². The van der Waals surface area contributed by atoms with E-state index in [1.165, 1.54) is 0 Å². The molecular weight excluding hydrogens is 243 g/mol. The minimum Gasteiger partial charge on any atom is -0.342 e. The van der Waals surface area contributed by atoms with Crippen molar-refractivity contribution in [3.63, 3.8) is 0 Å². The molecule has 3 fully saturated rings. The highest BCUT2D eigenvalue weighted by atomic mass is 19.1. The Morgan fingerprint density at radius 2 is 1.39 bits per heavy atom. The predicted molar refractivity (Wildman–Crippen MR) is 58.5 cm³/mol. The van der Waals surface area contributed by atoms with Crippen LogP contribution in [-0.4, -0.2) is 49.0 Å². The van der Waals surface area contributed by atoms with Crippen LogP contribution in [0.25, 0.3) is 0 Å². The van der Waals surface area contributed by atoms with Gasteiger partial charge in [-0.05, 0) is 27.7 Å². The molecule has 0 aromatic carbocycles. The standard InChI is InChI=1S/C12H19FO5/c1-11(2)15-7-6(5-13)14-10-9(8(7)16-11)17-12(3,4)18-10/h6-10H,5H2,1-4H3/t6-,7+,8+,9-,10-/m0/s1. The van der Waals surface area contributed by atoms with E-state index in [-0.39, 0.29) is 12.2 Å². The summed E-state index contributed by atoms with van der Waals surface area (Å²) in [6, 6.07) is 0. The fourth-order valence-corrected chi connectivity index (χ4v) is 2.82. The summed E-state index contributed by atoms with van der Waals surface area (Å²) >= 11 is 0. The molecule has 0 saturated carbocycles. The molecule has 0 amide bonds. The summed E-state index contributed by atoms with van der Waals surface area (Å²) in [6.07, 6.45) is -2.46. The molecular formula is C12H19FO5. The van der Waals surface area contributed by atoms with Crippen molar-refractivity contribution in [3.8, 4) is 0 Å². The molecule has 3 aliphatic rings. The first kappa shape index (κ1) is 12.7. The summed E-state index contributed by atoms with van der Waals surface area (Å²) in [6.45, 7) is 6.57. The summed E-state index contributed by atoms with van der Waals surface area (Å²) in [5.74, 6) is -1.50. The normalized spacial score (nSPS) is 48.8. The molecule has 0 unspecified atom stereocenters. The maximum absolute atomic E-state index is 13.1. The minimum atomic E-state index is -0.753. The Hall–Kier alpha value is -0.270. The van der Waals surface area contributed by atoms with E-state index >= 15 is 0 Å². The molecule has 0 N–H and O–H groups in total. The van der Waals surface area contributed by atoms with E-state index < -0.39 is 36.7 Å². The quantitative estimate of drug-likeness (QED) is 0.714. The Morgan fingerprint density at radius 1 is 0.833 bits per heavy atom. The lowest BCUT2D eigenvalue weighted by atomic mass is 10.00. The van der Waals surface area contributed by atoms with Crippen LogP contribution in [0.3, 0.4) is 0 Å². The van der Waals surface area contributed by atoms with E-state index in [4.69, 9.17) is 23.7 Å². The summed E-state index contributed by atoms with van der Waals surface area (Å²) in [5, 5.41) is 0. The Labute approximate surface area is 105 Å². The van der Waals surface area contributed by atoms with Gasteiger partial charge in [0.15, 0.2) is 17.9 Å². The molecule has 0 spiro atoms. The summed E-state index contributed by atoms with van der Waals surface area (Å²) in [4.78, 5) is 0. The highest BCUT2D eigenvalue weighted by Crippen LogP contribution is 2.43. The number of hydrogen-bond donors (Lipinski definition) is 0. The van der Waals surface area contributed by atoms with E-state index in [0.29, 0.717) is 0 Å². The second-order valence-corrected chi connectivity index (χ2v) is 5.86. The molecule has 0 aromatic rings. The first-order valence-corrected chi connectivity index (χ1v) is 6.24. The maximum Gasteiger partial charge on any atom is 0.190 e.